The highest BCUT2D eigenvalue weighted by atomic mass is 19.4. The summed E-state index contributed by atoms with van der Waals surface area (Å²) in [7, 11) is 0. The number of alkyl halides is 3. The molecule has 30 heavy (non-hydrogen) atoms. The van der Waals surface area contributed by atoms with Gasteiger partial charge in [-0.05, 0) is 48.2 Å². The molecule has 0 fully saturated rings. The monoisotopic (exact) mass is 414 g/mol. The molecule has 0 amide bonds. The lowest BCUT2D eigenvalue weighted by Crippen LogP contribution is -2.28. The van der Waals surface area contributed by atoms with Crippen molar-refractivity contribution in [3.8, 4) is 0 Å². The standard InChI is InChI=1S/C25H29F3N2/c1-19(2)15-29(16-21-9-11-23(12-10-21)25(26,27)28)18-24-8-5-13-30(24)17-22-7-4-6-20(3)14-22/h4-14,19H,15-18H2,1-3H3. The molecule has 1 heterocycles. The first-order valence-corrected chi connectivity index (χ1v) is 10.3. The minimum absolute atomic E-state index is 0.458. The van der Waals surface area contributed by atoms with E-state index in [1.54, 1.807) is 12.1 Å². The molecule has 0 atom stereocenters. The number of benzene rings is 2. The van der Waals surface area contributed by atoms with Gasteiger partial charge in [-0.2, -0.15) is 13.2 Å². The molecule has 0 aliphatic heterocycles. The van der Waals surface area contributed by atoms with Crippen molar-refractivity contribution < 1.29 is 13.2 Å². The minimum atomic E-state index is -4.30. The zero-order valence-corrected chi connectivity index (χ0v) is 17.8. The molecule has 0 saturated heterocycles. The van der Waals surface area contributed by atoms with Crippen molar-refractivity contribution in [2.45, 2.75) is 46.6 Å². The second-order valence-electron chi connectivity index (χ2n) is 8.37. The lowest BCUT2D eigenvalue weighted by molar-refractivity contribution is -0.137. The summed E-state index contributed by atoms with van der Waals surface area (Å²) in [5, 5.41) is 0. The van der Waals surface area contributed by atoms with Crippen LogP contribution in [-0.4, -0.2) is 16.0 Å². The molecule has 3 rings (SSSR count). The molecule has 160 valence electrons. The highest BCUT2D eigenvalue weighted by Crippen LogP contribution is 2.29. The van der Waals surface area contributed by atoms with Gasteiger partial charge in [0.25, 0.3) is 0 Å². The first-order valence-electron chi connectivity index (χ1n) is 10.3. The average Bonchev–Trinajstić information content (AvgIpc) is 3.07. The molecule has 2 nitrogen and oxygen atoms in total. The number of nitrogens with zero attached hydrogens (tertiary/aromatic N) is 2. The van der Waals surface area contributed by atoms with Gasteiger partial charge in [-0.15, -0.1) is 0 Å². The zero-order chi connectivity index (χ0) is 21.7. The van der Waals surface area contributed by atoms with E-state index in [1.807, 2.05) is 0 Å². The Morgan fingerprint density at radius 3 is 2.27 bits per heavy atom. The molecular weight excluding hydrogens is 385 g/mol. The quantitative estimate of drug-likeness (QED) is 0.407. The van der Waals surface area contributed by atoms with Crippen LogP contribution in [0.15, 0.2) is 66.9 Å². The molecule has 0 saturated carbocycles. The van der Waals surface area contributed by atoms with Crippen LogP contribution in [0.4, 0.5) is 13.2 Å². The Bertz CT molecular complexity index is 940. The maximum absolute atomic E-state index is 12.8. The lowest BCUT2D eigenvalue weighted by atomic mass is 10.1. The van der Waals surface area contributed by atoms with Crippen LogP contribution in [0.1, 0.15) is 41.8 Å². The Balaban J connectivity index is 1.73. The Morgan fingerprint density at radius 2 is 1.63 bits per heavy atom. The van der Waals surface area contributed by atoms with Gasteiger partial charge in [0.15, 0.2) is 0 Å². The maximum Gasteiger partial charge on any atom is 0.416 e. The summed E-state index contributed by atoms with van der Waals surface area (Å²) in [5.74, 6) is 0.458. The largest absolute Gasteiger partial charge is 0.416 e. The molecule has 3 aromatic rings. The third-order valence-electron chi connectivity index (χ3n) is 5.06. The number of aromatic nitrogens is 1. The highest BCUT2D eigenvalue weighted by Gasteiger charge is 2.30. The number of hydrogen-bond donors (Lipinski definition) is 0. The van der Waals surface area contributed by atoms with Gasteiger partial charge in [0.2, 0.25) is 0 Å². The molecule has 0 aliphatic rings. The van der Waals surface area contributed by atoms with E-state index in [9.17, 15) is 13.2 Å². The van der Waals surface area contributed by atoms with Crippen LogP contribution >= 0.6 is 0 Å². The van der Waals surface area contributed by atoms with E-state index in [0.717, 1.165) is 25.2 Å². The van der Waals surface area contributed by atoms with Gasteiger partial charge in [0.1, 0.15) is 0 Å². The van der Waals surface area contributed by atoms with Gasteiger partial charge in [-0.25, -0.2) is 0 Å². The third-order valence-corrected chi connectivity index (χ3v) is 5.06. The average molecular weight is 415 g/mol. The van der Waals surface area contributed by atoms with Crippen LogP contribution in [0, 0.1) is 12.8 Å². The Hall–Kier alpha value is -2.53. The molecule has 5 heteroatoms. The summed E-state index contributed by atoms with van der Waals surface area (Å²) >= 11 is 0. The van der Waals surface area contributed by atoms with Gasteiger partial charge >= 0.3 is 6.18 Å². The fourth-order valence-electron chi connectivity index (χ4n) is 3.74. The van der Waals surface area contributed by atoms with E-state index in [4.69, 9.17) is 0 Å². The Kier molecular flexibility index (Phi) is 7.03. The minimum Gasteiger partial charge on any atom is -0.346 e. The van der Waals surface area contributed by atoms with Crippen LogP contribution in [0.5, 0.6) is 0 Å². The maximum atomic E-state index is 12.8. The SMILES string of the molecule is Cc1cccc(Cn2cccc2CN(Cc2ccc(C(F)(F)F)cc2)CC(C)C)c1. The lowest BCUT2D eigenvalue weighted by Gasteiger charge is -2.25. The summed E-state index contributed by atoms with van der Waals surface area (Å²) in [6.45, 7) is 9.45. The van der Waals surface area contributed by atoms with Crippen LogP contribution < -0.4 is 0 Å². The smallest absolute Gasteiger partial charge is 0.346 e. The fraction of sp³-hybridized carbons (Fsp3) is 0.360. The number of halogens is 3. The van der Waals surface area contributed by atoms with E-state index in [-0.39, 0.29) is 0 Å². The number of hydrogen-bond acceptors (Lipinski definition) is 1. The van der Waals surface area contributed by atoms with Crippen molar-refractivity contribution in [3.05, 3.63) is 94.8 Å². The topological polar surface area (TPSA) is 8.17 Å². The zero-order valence-electron chi connectivity index (χ0n) is 17.8. The Morgan fingerprint density at radius 1 is 0.900 bits per heavy atom. The van der Waals surface area contributed by atoms with Crippen molar-refractivity contribution in [2.24, 2.45) is 5.92 Å². The Labute approximate surface area is 177 Å². The summed E-state index contributed by atoms with van der Waals surface area (Å²) in [5.41, 5.74) is 3.98. The number of aryl methyl sites for hydroxylation is 1. The van der Waals surface area contributed by atoms with Crippen molar-refractivity contribution in [3.63, 3.8) is 0 Å². The molecule has 0 radical (unpaired) electrons. The highest BCUT2D eigenvalue weighted by molar-refractivity contribution is 5.25. The predicted molar refractivity (Wildman–Crippen MR) is 115 cm³/mol. The normalized spacial score (nSPS) is 12.1. The molecule has 1 aromatic heterocycles. The van der Waals surface area contributed by atoms with Crippen LogP contribution in [0.2, 0.25) is 0 Å². The van der Waals surface area contributed by atoms with Crippen LogP contribution in [0.3, 0.4) is 0 Å². The summed E-state index contributed by atoms with van der Waals surface area (Å²) in [6.07, 6.45) is -2.21. The summed E-state index contributed by atoms with van der Waals surface area (Å²) < 4.78 is 40.8. The first kappa shape index (κ1) is 22.2. The number of rotatable bonds is 8. The van der Waals surface area contributed by atoms with Crippen molar-refractivity contribution >= 4 is 0 Å². The van der Waals surface area contributed by atoms with E-state index in [0.29, 0.717) is 12.5 Å². The molecular formula is C25H29F3N2. The van der Waals surface area contributed by atoms with E-state index < -0.39 is 11.7 Å². The van der Waals surface area contributed by atoms with Gasteiger partial charge in [0.05, 0.1) is 5.56 Å². The van der Waals surface area contributed by atoms with Crippen molar-refractivity contribution in [1.82, 2.24) is 9.47 Å². The van der Waals surface area contributed by atoms with Crippen molar-refractivity contribution in [2.75, 3.05) is 6.54 Å². The van der Waals surface area contributed by atoms with Crippen molar-refractivity contribution in [1.29, 1.82) is 0 Å². The van der Waals surface area contributed by atoms with Crippen LogP contribution in [-0.2, 0) is 25.8 Å². The third kappa shape index (κ3) is 6.23. The molecule has 0 bridgehead atoms. The fourth-order valence-corrected chi connectivity index (χ4v) is 3.74. The molecule has 0 aliphatic carbocycles. The molecule has 0 unspecified atom stereocenters. The van der Waals surface area contributed by atoms with E-state index in [1.165, 1.54) is 29.0 Å². The predicted octanol–water partition coefficient (Wildman–Crippen LogP) is 6.52. The van der Waals surface area contributed by atoms with Gasteiger partial charge in [-0.3, -0.25) is 4.90 Å². The van der Waals surface area contributed by atoms with Gasteiger partial charge in [0, 0.05) is 38.1 Å². The van der Waals surface area contributed by atoms with Gasteiger partial charge < -0.3 is 4.57 Å². The van der Waals surface area contributed by atoms with E-state index >= 15 is 0 Å². The van der Waals surface area contributed by atoms with E-state index in [2.05, 4.69) is 72.8 Å². The van der Waals surface area contributed by atoms with Gasteiger partial charge in [-0.1, -0.05) is 55.8 Å². The summed E-state index contributed by atoms with van der Waals surface area (Å²) in [6, 6.07) is 18.2. The second-order valence-corrected chi connectivity index (χ2v) is 8.37. The first-order chi connectivity index (χ1) is 14.2. The molecule has 0 N–H and O–H groups in total. The summed E-state index contributed by atoms with van der Waals surface area (Å²) in [4.78, 5) is 2.30. The second kappa shape index (κ2) is 9.52. The molecule has 0 spiro atoms. The van der Waals surface area contributed by atoms with Crippen LogP contribution in [0.25, 0.3) is 0 Å². The molecule has 2 aromatic carbocycles.